The number of fused-ring (bicyclic) bond motifs is 1. The molecule has 0 bridgehead atoms. The van der Waals surface area contributed by atoms with Crippen molar-refractivity contribution in [3.05, 3.63) is 63.7 Å². The minimum Gasteiger partial charge on any atom is -0.356 e. The third-order valence-electron chi connectivity index (χ3n) is 5.65. The van der Waals surface area contributed by atoms with E-state index in [1.54, 1.807) is 0 Å². The molecule has 2 aliphatic rings. The maximum Gasteiger partial charge on any atom is 0.269 e. The molecule has 154 valence electrons. The van der Waals surface area contributed by atoms with Gasteiger partial charge < -0.3 is 9.64 Å². The van der Waals surface area contributed by atoms with Gasteiger partial charge in [-0.05, 0) is 37.5 Å². The number of sulfonamides is 1. The summed E-state index contributed by atoms with van der Waals surface area (Å²) in [5.74, 6) is 0. The number of nitrogens with zero attached hydrogens (tertiary/aromatic N) is 3. The molecule has 29 heavy (non-hydrogen) atoms. The van der Waals surface area contributed by atoms with Crippen molar-refractivity contribution in [2.75, 3.05) is 24.7 Å². The van der Waals surface area contributed by atoms with Gasteiger partial charge in [0.1, 0.15) is 6.73 Å². The molecule has 0 spiro atoms. The van der Waals surface area contributed by atoms with Crippen LogP contribution in [0, 0.1) is 17.0 Å². The van der Waals surface area contributed by atoms with Gasteiger partial charge in [-0.3, -0.25) is 10.1 Å². The molecule has 9 heteroatoms. The van der Waals surface area contributed by atoms with Crippen molar-refractivity contribution in [3.8, 4) is 0 Å². The average Bonchev–Trinajstić information content (AvgIpc) is 2.74. The van der Waals surface area contributed by atoms with Crippen LogP contribution in [0.3, 0.4) is 0 Å². The van der Waals surface area contributed by atoms with Gasteiger partial charge in [-0.15, -0.1) is 0 Å². The lowest BCUT2D eigenvalue weighted by molar-refractivity contribution is -0.384. The number of para-hydroxylation sites is 1. The highest BCUT2D eigenvalue weighted by Gasteiger charge is 2.34. The summed E-state index contributed by atoms with van der Waals surface area (Å²) in [6.45, 7) is 4.01. The minimum absolute atomic E-state index is 0.0871. The SMILES string of the molecule is Cc1cccc2c1N(C1CCN(S(=O)(=O)c3ccc([N+](=O)[O-])cc3)CC1)COC2. The number of nitro groups is 1. The first-order chi connectivity index (χ1) is 13.9. The Labute approximate surface area is 169 Å². The zero-order valence-corrected chi connectivity index (χ0v) is 17.0. The number of ether oxygens (including phenoxy) is 1. The Bertz CT molecular complexity index is 1010. The number of non-ortho nitro benzene ring substituents is 1. The molecule has 0 atom stereocenters. The normalized spacial score (nSPS) is 18.4. The lowest BCUT2D eigenvalue weighted by Gasteiger charge is -2.42. The van der Waals surface area contributed by atoms with Crippen molar-refractivity contribution < 1.29 is 18.1 Å². The summed E-state index contributed by atoms with van der Waals surface area (Å²) in [5, 5.41) is 10.8. The molecule has 8 nitrogen and oxygen atoms in total. The molecule has 2 heterocycles. The highest BCUT2D eigenvalue weighted by Crippen LogP contribution is 2.34. The van der Waals surface area contributed by atoms with E-state index in [1.807, 2.05) is 6.07 Å². The second-order valence-electron chi connectivity index (χ2n) is 7.42. The number of benzene rings is 2. The van der Waals surface area contributed by atoms with E-state index < -0.39 is 14.9 Å². The molecule has 0 N–H and O–H groups in total. The van der Waals surface area contributed by atoms with Crippen molar-refractivity contribution in [1.82, 2.24) is 4.31 Å². The first kappa shape index (κ1) is 19.8. The van der Waals surface area contributed by atoms with Crippen molar-refractivity contribution in [2.24, 2.45) is 0 Å². The van der Waals surface area contributed by atoms with Crippen LogP contribution in [0.5, 0.6) is 0 Å². The van der Waals surface area contributed by atoms with Crippen LogP contribution >= 0.6 is 0 Å². The van der Waals surface area contributed by atoms with E-state index >= 15 is 0 Å². The molecule has 0 saturated carbocycles. The maximum absolute atomic E-state index is 12.9. The van der Waals surface area contributed by atoms with Crippen LogP contribution in [0.2, 0.25) is 0 Å². The molecule has 1 fully saturated rings. The third-order valence-corrected chi connectivity index (χ3v) is 7.56. The van der Waals surface area contributed by atoms with Crippen molar-refractivity contribution in [1.29, 1.82) is 0 Å². The Morgan fingerprint density at radius 2 is 1.79 bits per heavy atom. The summed E-state index contributed by atoms with van der Waals surface area (Å²) in [5.41, 5.74) is 3.45. The Balaban J connectivity index is 1.48. The van der Waals surface area contributed by atoms with E-state index in [0.717, 1.165) is 5.56 Å². The van der Waals surface area contributed by atoms with Crippen LogP contribution in [0.1, 0.15) is 24.0 Å². The van der Waals surface area contributed by atoms with Crippen LogP contribution in [0.15, 0.2) is 47.4 Å². The summed E-state index contributed by atoms with van der Waals surface area (Å²) in [4.78, 5) is 12.6. The molecular weight excluding hydrogens is 394 g/mol. The molecule has 0 aliphatic carbocycles. The second kappa shape index (κ2) is 7.74. The lowest BCUT2D eigenvalue weighted by atomic mass is 10.00. The molecule has 0 aromatic heterocycles. The Morgan fingerprint density at radius 1 is 1.10 bits per heavy atom. The number of hydrogen-bond acceptors (Lipinski definition) is 6. The largest absolute Gasteiger partial charge is 0.356 e. The van der Waals surface area contributed by atoms with Gasteiger partial charge in [0.05, 0.1) is 16.4 Å². The Morgan fingerprint density at radius 3 is 2.45 bits per heavy atom. The van der Waals surface area contributed by atoms with Gasteiger partial charge in [0.25, 0.3) is 5.69 Å². The van der Waals surface area contributed by atoms with E-state index in [0.29, 0.717) is 39.3 Å². The topological polar surface area (TPSA) is 93.0 Å². The average molecular weight is 417 g/mol. The monoisotopic (exact) mass is 417 g/mol. The summed E-state index contributed by atoms with van der Waals surface area (Å²) in [6.07, 6.45) is 1.40. The van der Waals surface area contributed by atoms with E-state index in [1.165, 1.54) is 39.8 Å². The standard InChI is InChI=1S/C20H23N3O5S/c1-15-3-2-4-16-13-28-14-22(20(15)16)17-9-11-21(12-10-17)29(26,27)19-7-5-18(6-8-19)23(24)25/h2-8,17H,9-14H2,1H3. The van der Waals surface area contributed by atoms with E-state index in [4.69, 9.17) is 4.74 Å². The molecule has 0 unspecified atom stereocenters. The number of rotatable bonds is 4. The van der Waals surface area contributed by atoms with Crippen molar-refractivity contribution in [2.45, 2.75) is 37.3 Å². The van der Waals surface area contributed by atoms with Gasteiger partial charge in [0.15, 0.2) is 0 Å². The smallest absolute Gasteiger partial charge is 0.269 e. The third kappa shape index (κ3) is 3.73. The molecule has 4 rings (SSSR count). The summed E-state index contributed by atoms with van der Waals surface area (Å²) in [6, 6.07) is 11.5. The van der Waals surface area contributed by atoms with Crippen LogP contribution in [0.25, 0.3) is 0 Å². The van der Waals surface area contributed by atoms with E-state index in [9.17, 15) is 18.5 Å². The fourth-order valence-electron chi connectivity index (χ4n) is 4.14. The Hall–Kier alpha value is -2.49. The predicted octanol–water partition coefficient (Wildman–Crippen LogP) is 3.05. The van der Waals surface area contributed by atoms with Crippen LogP contribution in [0.4, 0.5) is 11.4 Å². The molecular formula is C20H23N3O5S. The number of nitro benzene ring substituents is 1. The van der Waals surface area contributed by atoms with E-state index in [-0.39, 0.29) is 16.6 Å². The highest BCUT2D eigenvalue weighted by molar-refractivity contribution is 7.89. The van der Waals surface area contributed by atoms with Gasteiger partial charge in [0, 0.05) is 42.5 Å². The lowest BCUT2D eigenvalue weighted by Crippen LogP contribution is -2.48. The maximum atomic E-state index is 12.9. The first-order valence-electron chi connectivity index (χ1n) is 9.55. The Kier molecular flexibility index (Phi) is 5.28. The summed E-state index contributed by atoms with van der Waals surface area (Å²) >= 11 is 0. The van der Waals surface area contributed by atoms with Gasteiger partial charge >= 0.3 is 0 Å². The summed E-state index contributed by atoms with van der Waals surface area (Å²) < 4.78 is 33.1. The van der Waals surface area contributed by atoms with Crippen molar-refractivity contribution >= 4 is 21.4 Å². The molecule has 1 saturated heterocycles. The number of anilines is 1. The molecule has 2 aromatic rings. The fraction of sp³-hybridized carbons (Fsp3) is 0.400. The zero-order valence-electron chi connectivity index (χ0n) is 16.2. The zero-order chi connectivity index (χ0) is 20.6. The minimum atomic E-state index is -3.67. The van der Waals surface area contributed by atoms with Gasteiger partial charge in [-0.25, -0.2) is 8.42 Å². The van der Waals surface area contributed by atoms with Crippen LogP contribution < -0.4 is 4.90 Å². The highest BCUT2D eigenvalue weighted by atomic mass is 32.2. The molecule has 2 aromatic carbocycles. The van der Waals surface area contributed by atoms with Gasteiger partial charge in [0.2, 0.25) is 10.0 Å². The first-order valence-corrected chi connectivity index (χ1v) is 11.0. The second-order valence-corrected chi connectivity index (χ2v) is 9.35. The predicted molar refractivity (Wildman–Crippen MR) is 108 cm³/mol. The quantitative estimate of drug-likeness (QED) is 0.561. The van der Waals surface area contributed by atoms with Crippen LogP contribution in [-0.2, 0) is 21.4 Å². The summed E-state index contributed by atoms with van der Waals surface area (Å²) in [7, 11) is -3.67. The number of piperidine rings is 1. The van der Waals surface area contributed by atoms with Crippen molar-refractivity contribution in [3.63, 3.8) is 0 Å². The number of hydrogen-bond donors (Lipinski definition) is 0. The fourth-order valence-corrected chi connectivity index (χ4v) is 5.61. The van der Waals surface area contributed by atoms with E-state index in [2.05, 4.69) is 24.0 Å². The molecule has 0 radical (unpaired) electrons. The molecule has 0 amide bonds. The van der Waals surface area contributed by atoms with Gasteiger partial charge in [-0.1, -0.05) is 18.2 Å². The number of aryl methyl sites for hydroxylation is 1. The van der Waals surface area contributed by atoms with Gasteiger partial charge in [-0.2, -0.15) is 4.31 Å². The van der Waals surface area contributed by atoms with Crippen LogP contribution in [-0.4, -0.2) is 43.5 Å². The molecule has 2 aliphatic heterocycles.